The second kappa shape index (κ2) is 10.00. The fourth-order valence-corrected chi connectivity index (χ4v) is 5.89. The molecule has 0 bridgehead atoms. The van der Waals surface area contributed by atoms with E-state index in [-0.39, 0.29) is 23.5 Å². The molecule has 0 saturated carbocycles. The molecule has 35 heavy (non-hydrogen) atoms. The van der Waals surface area contributed by atoms with Gasteiger partial charge in [-0.2, -0.15) is 0 Å². The van der Waals surface area contributed by atoms with Crippen molar-refractivity contribution < 1.29 is 13.2 Å². The molecule has 5 N–H and O–H groups in total. The highest BCUT2D eigenvalue weighted by atomic mass is 32.2. The smallest absolute Gasteiger partial charge is 0.251 e. The zero-order chi connectivity index (χ0) is 24.4. The lowest BCUT2D eigenvalue weighted by Gasteiger charge is -2.36. The summed E-state index contributed by atoms with van der Waals surface area (Å²) in [5, 5.41) is 15.2. The van der Waals surface area contributed by atoms with E-state index in [0.717, 1.165) is 42.3 Å². The minimum Gasteiger partial charge on any atom is -0.365 e. The van der Waals surface area contributed by atoms with Crippen LogP contribution < -0.4 is 21.1 Å². The largest absolute Gasteiger partial charge is 0.365 e. The minimum atomic E-state index is -3.74. The molecule has 0 aliphatic carbocycles. The number of nitrogens with zero attached hydrogens (tertiary/aromatic N) is 1. The van der Waals surface area contributed by atoms with Crippen molar-refractivity contribution in [1.82, 2.24) is 15.5 Å². The molecule has 1 saturated heterocycles. The fourth-order valence-electron chi connectivity index (χ4n) is 4.33. The van der Waals surface area contributed by atoms with E-state index in [9.17, 15) is 13.2 Å². The monoisotopic (exact) mass is 509 g/mol. The van der Waals surface area contributed by atoms with Crippen LogP contribution in [0.5, 0.6) is 0 Å². The van der Waals surface area contributed by atoms with E-state index in [1.165, 1.54) is 22.6 Å². The van der Waals surface area contributed by atoms with Gasteiger partial charge < -0.3 is 16.0 Å². The van der Waals surface area contributed by atoms with Gasteiger partial charge in [-0.25, -0.2) is 13.6 Å². The molecule has 1 fully saturated rings. The summed E-state index contributed by atoms with van der Waals surface area (Å²) in [7, 11) is -3.74. The third kappa shape index (κ3) is 5.36. The topological polar surface area (TPSA) is 117 Å². The number of amides is 1. The normalized spacial score (nSPS) is 18.0. The summed E-state index contributed by atoms with van der Waals surface area (Å²) in [6.45, 7) is 4.05. The Hall–Kier alpha value is -2.89. The van der Waals surface area contributed by atoms with Crippen molar-refractivity contribution >= 4 is 33.4 Å². The lowest BCUT2D eigenvalue weighted by Crippen LogP contribution is -2.47. The summed E-state index contributed by atoms with van der Waals surface area (Å²) in [5.41, 5.74) is 3.51. The van der Waals surface area contributed by atoms with Crippen LogP contribution in [0.4, 0.5) is 5.69 Å². The summed E-state index contributed by atoms with van der Waals surface area (Å²) in [4.78, 5) is 17.7. The molecule has 8 nitrogen and oxygen atoms in total. The van der Waals surface area contributed by atoms with Gasteiger partial charge in [-0.05, 0) is 42.0 Å². The van der Waals surface area contributed by atoms with Crippen molar-refractivity contribution in [3.63, 3.8) is 0 Å². The van der Waals surface area contributed by atoms with Crippen LogP contribution in [0.2, 0.25) is 0 Å². The van der Waals surface area contributed by atoms with E-state index in [1.807, 2.05) is 18.2 Å². The SMILES string of the molecule is NS(=O)(=O)c1ccc(CNC(=O)c2ccc3c(c2)NC(N2CCNCC2)c2ccccc2S3)cc1. The Balaban J connectivity index is 1.34. The van der Waals surface area contributed by atoms with E-state index in [1.54, 1.807) is 23.9 Å². The highest BCUT2D eigenvalue weighted by molar-refractivity contribution is 7.99. The molecule has 182 valence electrons. The van der Waals surface area contributed by atoms with Gasteiger partial charge in [0.05, 0.1) is 10.6 Å². The molecule has 5 rings (SSSR count). The molecular formula is C25H27N5O3S2. The number of benzene rings is 3. The summed E-state index contributed by atoms with van der Waals surface area (Å²) in [6, 6.07) is 20.3. The Morgan fingerprint density at radius 1 is 1.03 bits per heavy atom. The quantitative estimate of drug-likeness (QED) is 0.418. The number of hydrogen-bond donors (Lipinski definition) is 4. The van der Waals surface area contributed by atoms with Gasteiger partial charge in [0.2, 0.25) is 10.0 Å². The Labute approximate surface area is 209 Å². The fraction of sp³-hybridized carbons (Fsp3) is 0.240. The number of nitrogens with two attached hydrogens (primary N) is 1. The molecule has 10 heteroatoms. The van der Waals surface area contributed by atoms with Gasteiger partial charge in [-0.3, -0.25) is 9.69 Å². The predicted octanol–water partition coefficient (Wildman–Crippen LogP) is 2.74. The lowest BCUT2D eigenvalue weighted by molar-refractivity contribution is 0.0951. The molecule has 2 aliphatic rings. The number of piperazine rings is 1. The van der Waals surface area contributed by atoms with Crippen molar-refractivity contribution in [3.05, 3.63) is 83.4 Å². The lowest BCUT2D eigenvalue weighted by atomic mass is 10.1. The van der Waals surface area contributed by atoms with E-state index >= 15 is 0 Å². The molecule has 0 aromatic heterocycles. The Kier molecular flexibility index (Phi) is 6.81. The molecular weight excluding hydrogens is 482 g/mol. The van der Waals surface area contributed by atoms with E-state index in [4.69, 9.17) is 5.14 Å². The van der Waals surface area contributed by atoms with Gasteiger partial charge in [-0.15, -0.1) is 0 Å². The molecule has 0 radical (unpaired) electrons. The molecule has 1 unspecified atom stereocenters. The van der Waals surface area contributed by atoms with E-state index in [0.29, 0.717) is 5.56 Å². The van der Waals surface area contributed by atoms with Crippen LogP contribution in [0.1, 0.15) is 27.7 Å². The van der Waals surface area contributed by atoms with Crippen LogP contribution in [0.15, 0.2) is 81.4 Å². The predicted molar refractivity (Wildman–Crippen MR) is 137 cm³/mol. The number of hydrogen-bond acceptors (Lipinski definition) is 7. The average molecular weight is 510 g/mol. The number of sulfonamides is 1. The molecule has 3 aromatic carbocycles. The molecule has 1 amide bonds. The second-order valence-corrected chi connectivity index (χ2v) is 11.2. The van der Waals surface area contributed by atoms with E-state index < -0.39 is 10.0 Å². The zero-order valence-electron chi connectivity index (χ0n) is 19.0. The first kappa shape index (κ1) is 23.8. The standard InChI is InChI=1S/C25H27N5O3S2/c26-35(32,33)19-8-5-17(6-9-19)16-28-25(31)18-7-10-23-21(15-18)29-24(30-13-11-27-12-14-30)20-3-1-2-4-22(20)34-23/h1-10,15,24,27,29H,11-14,16H2,(H,28,31)(H2,26,32,33). The second-order valence-electron chi connectivity index (χ2n) is 8.56. The highest BCUT2D eigenvalue weighted by Gasteiger charge is 2.28. The Bertz CT molecular complexity index is 1340. The first-order chi connectivity index (χ1) is 16.9. The van der Waals surface area contributed by atoms with Crippen molar-refractivity contribution in [1.29, 1.82) is 0 Å². The molecule has 1 atom stereocenters. The average Bonchev–Trinajstić information content (AvgIpc) is 3.04. The van der Waals surface area contributed by atoms with Gasteiger partial charge >= 0.3 is 0 Å². The first-order valence-electron chi connectivity index (χ1n) is 11.4. The van der Waals surface area contributed by atoms with Gasteiger partial charge in [0.15, 0.2) is 0 Å². The van der Waals surface area contributed by atoms with Crippen molar-refractivity contribution in [2.45, 2.75) is 27.4 Å². The maximum Gasteiger partial charge on any atom is 0.251 e. The molecule has 2 aliphatic heterocycles. The first-order valence-corrected chi connectivity index (χ1v) is 13.8. The van der Waals surface area contributed by atoms with Crippen LogP contribution >= 0.6 is 11.8 Å². The van der Waals surface area contributed by atoms with Crippen molar-refractivity contribution in [2.24, 2.45) is 5.14 Å². The zero-order valence-corrected chi connectivity index (χ0v) is 20.7. The number of carbonyl (C=O) groups is 1. The number of anilines is 1. The van der Waals surface area contributed by atoms with Crippen LogP contribution in [0.25, 0.3) is 0 Å². The van der Waals surface area contributed by atoms with Crippen molar-refractivity contribution in [2.75, 3.05) is 31.5 Å². The van der Waals surface area contributed by atoms with Gasteiger partial charge in [-0.1, -0.05) is 42.1 Å². The Morgan fingerprint density at radius 3 is 2.51 bits per heavy atom. The maximum atomic E-state index is 12.9. The molecule has 0 spiro atoms. The highest BCUT2D eigenvalue weighted by Crippen LogP contribution is 2.43. The maximum absolute atomic E-state index is 12.9. The van der Waals surface area contributed by atoms with Crippen LogP contribution in [0, 0.1) is 0 Å². The number of rotatable bonds is 5. The minimum absolute atomic E-state index is 0.0256. The van der Waals surface area contributed by atoms with Crippen LogP contribution in [-0.4, -0.2) is 45.4 Å². The number of fused-ring (bicyclic) bond motifs is 2. The van der Waals surface area contributed by atoms with Crippen LogP contribution in [0.3, 0.4) is 0 Å². The van der Waals surface area contributed by atoms with Crippen LogP contribution in [-0.2, 0) is 16.6 Å². The molecule has 3 aromatic rings. The molecule has 2 heterocycles. The van der Waals surface area contributed by atoms with Crippen molar-refractivity contribution in [3.8, 4) is 0 Å². The van der Waals surface area contributed by atoms with Gasteiger partial charge in [0, 0.05) is 53.6 Å². The Morgan fingerprint density at radius 2 is 1.77 bits per heavy atom. The van der Waals surface area contributed by atoms with Gasteiger partial charge in [0.1, 0.15) is 6.17 Å². The number of nitrogens with one attached hydrogen (secondary N) is 3. The number of carbonyl (C=O) groups excluding carboxylic acids is 1. The third-order valence-corrected chi connectivity index (χ3v) is 8.29. The summed E-state index contributed by atoms with van der Waals surface area (Å²) in [5.74, 6) is -0.199. The summed E-state index contributed by atoms with van der Waals surface area (Å²) < 4.78 is 22.9. The third-order valence-electron chi connectivity index (χ3n) is 6.19. The summed E-state index contributed by atoms with van der Waals surface area (Å²) >= 11 is 1.71. The van der Waals surface area contributed by atoms with Gasteiger partial charge in [0.25, 0.3) is 5.91 Å². The van der Waals surface area contributed by atoms with E-state index in [2.05, 4.69) is 45.1 Å². The number of primary sulfonamides is 1. The summed E-state index contributed by atoms with van der Waals surface area (Å²) in [6.07, 6.45) is 0.0256.